The summed E-state index contributed by atoms with van der Waals surface area (Å²) < 4.78 is 0. The molecule has 18 heavy (non-hydrogen) atoms. The van der Waals surface area contributed by atoms with E-state index in [4.69, 9.17) is 0 Å². The molecule has 0 aromatic heterocycles. The first-order valence-electron chi connectivity index (χ1n) is 6.25. The smallest absolute Gasteiger partial charge is 0.246 e. The van der Waals surface area contributed by atoms with Crippen LogP contribution in [0.25, 0.3) is 0 Å². The van der Waals surface area contributed by atoms with Crippen LogP contribution in [0.1, 0.15) is 20.8 Å². The standard InChI is InChI=1S/C13H23N3O2/c1-13(2,3)14-11(17)5-6-12(18)16-9-7-15(4)8-10-16/h5-6H,7-10H2,1-4H3,(H,14,17)/b6-5-. The van der Waals surface area contributed by atoms with Gasteiger partial charge in [-0.3, -0.25) is 9.59 Å². The van der Waals surface area contributed by atoms with Crippen molar-refractivity contribution in [1.29, 1.82) is 0 Å². The maximum atomic E-state index is 11.8. The first-order valence-corrected chi connectivity index (χ1v) is 6.25. The number of carbonyl (C=O) groups excluding carboxylic acids is 2. The third-order valence-corrected chi connectivity index (χ3v) is 2.69. The van der Waals surface area contributed by atoms with Gasteiger partial charge in [-0.05, 0) is 27.8 Å². The number of hydrogen-bond acceptors (Lipinski definition) is 3. The molecular weight excluding hydrogens is 230 g/mol. The van der Waals surface area contributed by atoms with Crippen LogP contribution in [0.4, 0.5) is 0 Å². The maximum Gasteiger partial charge on any atom is 0.246 e. The molecule has 2 amide bonds. The van der Waals surface area contributed by atoms with Gasteiger partial charge < -0.3 is 15.1 Å². The fraction of sp³-hybridized carbons (Fsp3) is 0.692. The third kappa shape index (κ3) is 5.31. The molecule has 102 valence electrons. The van der Waals surface area contributed by atoms with E-state index in [0.717, 1.165) is 26.2 Å². The molecule has 0 unspecified atom stereocenters. The Labute approximate surface area is 109 Å². The highest BCUT2D eigenvalue weighted by Gasteiger charge is 2.17. The molecule has 0 saturated carbocycles. The van der Waals surface area contributed by atoms with E-state index in [9.17, 15) is 9.59 Å². The second-order valence-corrected chi connectivity index (χ2v) is 5.70. The minimum absolute atomic E-state index is 0.0906. The zero-order valence-corrected chi connectivity index (χ0v) is 11.7. The summed E-state index contributed by atoms with van der Waals surface area (Å²) in [6, 6.07) is 0. The average Bonchev–Trinajstić information content (AvgIpc) is 2.24. The molecule has 1 aliphatic heterocycles. The van der Waals surface area contributed by atoms with E-state index in [1.165, 1.54) is 12.2 Å². The van der Waals surface area contributed by atoms with E-state index in [1.54, 1.807) is 4.90 Å². The Balaban J connectivity index is 2.42. The highest BCUT2D eigenvalue weighted by molar-refractivity contribution is 5.96. The maximum absolute atomic E-state index is 11.8. The van der Waals surface area contributed by atoms with Crippen LogP contribution < -0.4 is 5.32 Å². The minimum atomic E-state index is -0.279. The van der Waals surface area contributed by atoms with Crippen LogP contribution in [0.15, 0.2) is 12.2 Å². The van der Waals surface area contributed by atoms with Crippen molar-refractivity contribution in [2.75, 3.05) is 33.2 Å². The molecule has 0 atom stereocenters. The molecule has 1 fully saturated rings. The van der Waals surface area contributed by atoms with Crippen molar-refractivity contribution < 1.29 is 9.59 Å². The molecule has 1 N–H and O–H groups in total. The van der Waals surface area contributed by atoms with E-state index >= 15 is 0 Å². The second-order valence-electron chi connectivity index (χ2n) is 5.70. The first kappa shape index (κ1) is 14.7. The SMILES string of the molecule is CN1CCN(C(=O)/C=C\C(=O)NC(C)(C)C)CC1. The summed E-state index contributed by atoms with van der Waals surface area (Å²) in [6.45, 7) is 8.92. The largest absolute Gasteiger partial charge is 0.348 e. The molecule has 0 radical (unpaired) electrons. The van der Waals surface area contributed by atoms with Crippen molar-refractivity contribution in [2.24, 2.45) is 0 Å². The Hall–Kier alpha value is -1.36. The summed E-state index contributed by atoms with van der Waals surface area (Å²) in [6.07, 6.45) is 2.66. The number of carbonyl (C=O) groups is 2. The van der Waals surface area contributed by atoms with Gasteiger partial charge in [-0.25, -0.2) is 0 Å². The van der Waals surface area contributed by atoms with E-state index in [2.05, 4.69) is 10.2 Å². The second kappa shape index (κ2) is 6.00. The van der Waals surface area contributed by atoms with Crippen LogP contribution in [0.3, 0.4) is 0 Å². The van der Waals surface area contributed by atoms with Gasteiger partial charge >= 0.3 is 0 Å². The third-order valence-electron chi connectivity index (χ3n) is 2.69. The van der Waals surface area contributed by atoms with Crippen LogP contribution in [-0.4, -0.2) is 60.4 Å². The van der Waals surface area contributed by atoms with Gasteiger partial charge in [-0.15, -0.1) is 0 Å². The molecule has 5 nitrogen and oxygen atoms in total. The average molecular weight is 253 g/mol. The van der Waals surface area contributed by atoms with Crippen molar-refractivity contribution in [3.05, 3.63) is 12.2 Å². The van der Waals surface area contributed by atoms with Gasteiger partial charge in [-0.1, -0.05) is 0 Å². The molecule has 1 saturated heterocycles. The molecule has 0 bridgehead atoms. The summed E-state index contributed by atoms with van der Waals surface area (Å²) in [4.78, 5) is 27.3. The van der Waals surface area contributed by atoms with Gasteiger partial charge in [0.1, 0.15) is 0 Å². The zero-order chi connectivity index (χ0) is 13.8. The van der Waals surface area contributed by atoms with Gasteiger partial charge in [0, 0.05) is 43.9 Å². The van der Waals surface area contributed by atoms with Crippen LogP contribution in [0.2, 0.25) is 0 Å². The number of nitrogens with one attached hydrogen (secondary N) is 1. The molecule has 0 aromatic rings. The summed E-state index contributed by atoms with van der Waals surface area (Å²) in [5.74, 6) is -0.322. The number of likely N-dealkylation sites (N-methyl/N-ethyl adjacent to an activating group) is 1. The van der Waals surface area contributed by atoms with Crippen molar-refractivity contribution in [3.8, 4) is 0 Å². The molecule has 1 heterocycles. The van der Waals surface area contributed by atoms with Crippen LogP contribution in [0, 0.1) is 0 Å². The normalized spacial score (nSPS) is 18.1. The number of nitrogens with zero attached hydrogens (tertiary/aromatic N) is 2. The van der Waals surface area contributed by atoms with Crippen LogP contribution >= 0.6 is 0 Å². The van der Waals surface area contributed by atoms with Gasteiger partial charge in [0.15, 0.2) is 0 Å². The zero-order valence-electron chi connectivity index (χ0n) is 11.7. The summed E-state index contributed by atoms with van der Waals surface area (Å²) in [5, 5.41) is 2.78. The summed E-state index contributed by atoms with van der Waals surface area (Å²) >= 11 is 0. The lowest BCUT2D eigenvalue weighted by Gasteiger charge is -2.31. The Kier molecular flexibility index (Phi) is 4.90. The molecular formula is C13H23N3O2. The molecule has 1 rings (SSSR count). The van der Waals surface area contributed by atoms with Gasteiger partial charge in [0.2, 0.25) is 11.8 Å². The van der Waals surface area contributed by atoms with Crippen molar-refractivity contribution >= 4 is 11.8 Å². The van der Waals surface area contributed by atoms with Crippen molar-refractivity contribution in [2.45, 2.75) is 26.3 Å². The Morgan fingerprint density at radius 2 is 1.61 bits per heavy atom. The van der Waals surface area contributed by atoms with E-state index < -0.39 is 0 Å². The van der Waals surface area contributed by atoms with Crippen LogP contribution in [-0.2, 0) is 9.59 Å². The number of piperazine rings is 1. The fourth-order valence-corrected chi connectivity index (χ4v) is 1.69. The molecule has 1 aliphatic rings. The molecule has 5 heteroatoms. The lowest BCUT2D eigenvalue weighted by atomic mass is 10.1. The highest BCUT2D eigenvalue weighted by atomic mass is 16.2. The Morgan fingerprint density at radius 1 is 1.06 bits per heavy atom. The predicted molar refractivity (Wildman–Crippen MR) is 71.1 cm³/mol. The fourth-order valence-electron chi connectivity index (χ4n) is 1.69. The quantitative estimate of drug-likeness (QED) is 0.717. The van der Waals surface area contributed by atoms with E-state index in [-0.39, 0.29) is 17.4 Å². The van der Waals surface area contributed by atoms with E-state index in [1.807, 2.05) is 27.8 Å². The van der Waals surface area contributed by atoms with E-state index in [0.29, 0.717) is 0 Å². The lowest BCUT2D eigenvalue weighted by molar-refractivity contribution is -0.128. The Morgan fingerprint density at radius 3 is 2.11 bits per heavy atom. The number of rotatable bonds is 2. The summed E-state index contributed by atoms with van der Waals surface area (Å²) in [5.41, 5.74) is -0.279. The summed E-state index contributed by atoms with van der Waals surface area (Å²) in [7, 11) is 2.04. The van der Waals surface area contributed by atoms with Crippen molar-refractivity contribution in [1.82, 2.24) is 15.1 Å². The molecule has 0 spiro atoms. The molecule has 0 aliphatic carbocycles. The topological polar surface area (TPSA) is 52.7 Å². The predicted octanol–water partition coefficient (Wildman–Crippen LogP) is 0.231. The first-order chi connectivity index (χ1) is 8.28. The Bertz CT molecular complexity index is 337. The minimum Gasteiger partial charge on any atom is -0.348 e. The lowest BCUT2D eigenvalue weighted by Crippen LogP contribution is -2.46. The molecule has 0 aromatic carbocycles. The van der Waals surface area contributed by atoms with Crippen molar-refractivity contribution in [3.63, 3.8) is 0 Å². The van der Waals surface area contributed by atoms with Gasteiger partial charge in [0.05, 0.1) is 0 Å². The highest BCUT2D eigenvalue weighted by Crippen LogP contribution is 2.01. The monoisotopic (exact) mass is 253 g/mol. The number of hydrogen-bond donors (Lipinski definition) is 1. The van der Waals surface area contributed by atoms with Gasteiger partial charge in [0.25, 0.3) is 0 Å². The van der Waals surface area contributed by atoms with Crippen LogP contribution in [0.5, 0.6) is 0 Å². The van der Waals surface area contributed by atoms with Gasteiger partial charge in [-0.2, -0.15) is 0 Å². The number of amides is 2.